The Hall–Kier alpha value is -1.58. The van der Waals surface area contributed by atoms with Crippen molar-refractivity contribution in [1.29, 1.82) is 0 Å². The van der Waals surface area contributed by atoms with Gasteiger partial charge in [0.2, 0.25) is 5.91 Å². The van der Waals surface area contributed by atoms with Gasteiger partial charge in [-0.2, -0.15) is 0 Å². The van der Waals surface area contributed by atoms with Crippen LogP contribution in [0.4, 0.5) is 15.8 Å². The maximum Gasteiger partial charge on any atom is 0.224 e. The third-order valence-corrected chi connectivity index (χ3v) is 3.37. The number of benzene rings is 1. The number of hydrogen-bond donors (Lipinski definition) is 2. The van der Waals surface area contributed by atoms with Crippen LogP contribution in [0.3, 0.4) is 0 Å². The van der Waals surface area contributed by atoms with Crippen LogP contribution in [0.1, 0.15) is 24.8 Å². The molecule has 17 heavy (non-hydrogen) atoms. The fourth-order valence-corrected chi connectivity index (χ4v) is 2.11. The van der Waals surface area contributed by atoms with Crippen molar-refractivity contribution in [3.8, 4) is 0 Å². The number of rotatable bonds is 3. The number of halogens is 1. The van der Waals surface area contributed by atoms with Crippen LogP contribution in [0.25, 0.3) is 0 Å². The molecule has 1 aromatic carbocycles. The Morgan fingerprint density at radius 3 is 2.94 bits per heavy atom. The Bertz CT molecular complexity index is 469. The fourth-order valence-electron chi connectivity index (χ4n) is 2.11. The molecule has 3 nitrogen and oxygen atoms in total. The topological polar surface area (TPSA) is 41.1 Å². The molecular formula is C13H15FN2O. The number of fused-ring (bicyclic) bond motifs is 1. The normalized spacial score (nSPS) is 18.5. The second-order valence-electron chi connectivity index (χ2n) is 4.86. The maximum absolute atomic E-state index is 13.8. The lowest BCUT2D eigenvalue weighted by molar-refractivity contribution is -0.116. The number of amides is 1. The van der Waals surface area contributed by atoms with Gasteiger partial charge in [0.05, 0.1) is 5.69 Å². The standard InChI is InChI=1S/C13H15FN2O/c14-10-5-9-3-4-13(17)16-11(9)6-12(10)15-7-8-1-2-8/h5-6,8,15H,1-4,7H2,(H,16,17). The maximum atomic E-state index is 13.8. The van der Waals surface area contributed by atoms with Crippen molar-refractivity contribution in [3.05, 3.63) is 23.5 Å². The summed E-state index contributed by atoms with van der Waals surface area (Å²) in [5, 5.41) is 5.90. The molecule has 1 amide bonds. The average molecular weight is 234 g/mol. The van der Waals surface area contributed by atoms with Crippen LogP contribution < -0.4 is 10.6 Å². The first-order valence-electron chi connectivity index (χ1n) is 6.08. The third-order valence-electron chi connectivity index (χ3n) is 3.37. The van der Waals surface area contributed by atoms with Gasteiger partial charge in [-0.3, -0.25) is 4.79 Å². The van der Waals surface area contributed by atoms with Gasteiger partial charge < -0.3 is 10.6 Å². The van der Waals surface area contributed by atoms with E-state index in [0.717, 1.165) is 17.8 Å². The lowest BCUT2D eigenvalue weighted by atomic mass is 10.0. The molecule has 0 aromatic heterocycles. The van der Waals surface area contributed by atoms with Gasteiger partial charge in [0.1, 0.15) is 5.82 Å². The summed E-state index contributed by atoms with van der Waals surface area (Å²) >= 11 is 0. The number of nitrogens with one attached hydrogen (secondary N) is 2. The Balaban J connectivity index is 1.82. The number of hydrogen-bond acceptors (Lipinski definition) is 2. The summed E-state index contributed by atoms with van der Waals surface area (Å²) in [6.45, 7) is 0.823. The Morgan fingerprint density at radius 2 is 2.18 bits per heavy atom. The summed E-state index contributed by atoms with van der Waals surface area (Å²) < 4.78 is 13.8. The molecule has 1 aliphatic carbocycles. The number of aryl methyl sites for hydroxylation is 1. The van der Waals surface area contributed by atoms with Crippen molar-refractivity contribution >= 4 is 17.3 Å². The van der Waals surface area contributed by atoms with Crippen LogP contribution in [-0.2, 0) is 11.2 Å². The minimum atomic E-state index is -0.222. The van der Waals surface area contributed by atoms with Gasteiger partial charge in [0.15, 0.2) is 0 Å². The highest BCUT2D eigenvalue weighted by Crippen LogP contribution is 2.32. The second-order valence-corrected chi connectivity index (χ2v) is 4.86. The first kappa shape index (κ1) is 10.6. The molecule has 0 bridgehead atoms. The number of carbonyl (C=O) groups excluding carboxylic acids is 1. The van der Waals surface area contributed by atoms with Gasteiger partial charge in [-0.05, 0) is 42.9 Å². The molecule has 90 valence electrons. The number of anilines is 2. The molecule has 1 heterocycles. The second kappa shape index (κ2) is 4.02. The monoisotopic (exact) mass is 234 g/mol. The van der Waals surface area contributed by atoms with Crippen molar-refractivity contribution in [2.45, 2.75) is 25.7 Å². The first-order valence-corrected chi connectivity index (χ1v) is 6.08. The zero-order chi connectivity index (χ0) is 11.8. The highest BCUT2D eigenvalue weighted by molar-refractivity contribution is 5.94. The first-order chi connectivity index (χ1) is 8.22. The molecule has 0 atom stereocenters. The highest BCUT2D eigenvalue weighted by atomic mass is 19.1. The molecule has 1 fully saturated rings. The summed E-state index contributed by atoms with van der Waals surface area (Å²) in [6, 6.07) is 3.24. The van der Waals surface area contributed by atoms with E-state index in [1.165, 1.54) is 18.9 Å². The van der Waals surface area contributed by atoms with E-state index in [1.807, 2.05) is 0 Å². The van der Waals surface area contributed by atoms with E-state index in [0.29, 0.717) is 24.4 Å². The molecule has 0 radical (unpaired) electrons. The van der Waals surface area contributed by atoms with Gasteiger partial charge in [0.25, 0.3) is 0 Å². The summed E-state index contributed by atoms with van der Waals surface area (Å²) in [5.74, 6) is 0.484. The molecular weight excluding hydrogens is 219 g/mol. The summed E-state index contributed by atoms with van der Waals surface area (Å²) in [5.41, 5.74) is 2.14. The Morgan fingerprint density at radius 1 is 1.35 bits per heavy atom. The summed E-state index contributed by atoms with van der Waals surface area (Å²) in [6.07, 6.45) is 3.54. The van der Waals surface area contributed by atoms with Crippen LogP contribution in [0.5, 0.6) is 0 Å². The van der Waals surface area contributed by atoms with E-state index >= 15 is 0 Å². The summed E-state index contributed by atoms with van der Waals surface area (Å²) in [7, 11) is 0. The van der Waals surface area contributed by atoms with E-state index < -0.39 is 0 Å². The minimum absolute atomic E-state index is 0.0113. The average Bonchev–Trinajstić information content (AvgIpc) is 3.11. The predicted molar refractivity (Wildman–Crippen MR) is 64.6 cm³/mol. The van der Waals surface area contributed by atoms with Gasteiger partial charge in [0, 0.05) is 18.7 Å². The molecule has 0 spiro atoms. The molecule has 1 aromatic rings. The van der Waals surface area contributed by atoms with Gasteiger partial charge in [-0.25, -0.2) is 4.39 Å². The van der Waals surface area contributed by atoms with Crippen LogP contribution in [0, 0.1) is 11.7 Å². The molecule has 3 rings (SSSR count). The van der Waals surface area contributed by atoms with Gasteiger partial charge in [-0.15, -0.1) is 0 Å². The smallest absolute Gasteiger partial charge is 0.224 e. The predicted octanol–water partition coefficient (Wildman–Crippen LogP) is 2.53. The van der Waals surface area contributed by atoms with Crippen molar-refractivity contribution in [1.82, 2.24) is 0 Å². The van der Waals surface area contributed by atoms with Crippen molar-refractivity contribution < 1.29 is 9.18 Å². The SMILES string of the molecule is O=C1CCc2cc(F)c(NCC3CC3)cc2N1. The van der Waals surface area contributed by atoms with E-state index in [-0.39, 0.29) is 11.7 Å². The largest absolute Gasteiger partial charge is 0.382 e. The Labute approximate surface area is 99.4 Å². The van der Waals surface area contributed by atoms with Crippen LogP contribution in [0.2, 0.25) is 0 Å². The molecule has 0 unspecified atom stereocenters. The minimum Gasteiger partial charge on any atom is -0.382 e. The van der Waals surface area contributed by atoms with Gasteiger partial charge >= 0.3 is 0 Å². The zero-order valence-electron chi connectivity index (χ0n) is 9.55. The van der Waals surface area contributed by atoms with E-state index in [2.05, 4.69) is 10.6 Å². The van der Waals surface area contributed by atoms with E-state index in [1.54, 1.807) is 6.07 Å². The molecule has 0 saturated heterocycles. The van der Waals surface area contributed by atoms with E-state index in [4.69, 9.17) is 0 Å². The van der Waals surface area contributed by atoms with Crippen molar-refractivity contribution in [2.75, 3.05) is 17.2 Å². The molecule has 2 aliphatic rings. The van der Waals surface area contributed by atoms with Crippen LogP contribution in [0.15, 0.2) is 12.1 Å². The fraction of sp³-hybridized carbons (Fsp3) is 0.462. The Kier molecular flexibility index (Phi) is 2.50. The van der Waals surface area contributed by atoms with Crippen molar-refractivity contribution in [2.24, 2.45) is 5.92 Å². The highest BCUT2D eigenvalue weighted by Gasteiger charge is 2.22. The van der Waals surface area contributed by atoms with Gasteiger partial charge in [-0.1, -0.05) is 0 Å². The van der Waals surface area contributed by atoms with Crippen LogP contribution in [-0.4, -0.2) is 12.5 Å². The lowest BCUT2D eigenvalue weighted by Crippen LogP contribution is -2.19. The zero-order valence-corrected chi connectivity index (χ0v) is 9.55. The van der Waals surface area contributed by atoms with Crippen LogP contribution >= 0.6 is 0 Å². The molecule has 1 aliphatic heterocycles. The molecule has 1 saturated carbocycles. The number of carbonyl (C=O) groups is 1. The molecule has 4 heteroatoms. The third kappa shape index (κ3) is 2.25. The quantitative estimate of drug-likeness (QED) is 0.843. The summed E-state index contributed by atoms with van der Waals surface area (Å²) in [4.78, 5) is 11.3. The van der Waals surface area contributed by atoms with E-state index in [9.17, 15) is 9.18 Å². The molecule has 2 N–H and O–H groups in total. The lowest BCUT2D eigenvalue weighted by Gasteiger charge is -2.18. The van der Waals surface area contributed by atoms with Crippen molar-refractivity contribution in [3.63, 3.8) is 0 Å².